The van der Waals surface area contributed by atoms with Crippen LogP contribution in [0, 0.1) is 0 Å². The maximum Gasteiger partial charge on any atom is 0.138 e. The Morgan fingerprint density at radius 2 is 2.24 bits per heavy atom. The number of carbonyl (C=O) groups excluding carboxylic acids is 1. The highest BCUT2D eigenvalue weighted by molar-refractivity contribution is 6.06. The van der Waals surface area contributed by atoms with Crippen molar-refractivity contribution in [1.29, 1.82) is 0 Å². The van der Waals surface area contributed by atoms with Crippen LogP contribution in [0.1, 0.15) is 38.2 Å². The first-order valence-corrected chi connectivity index (χ1v) is 7.22. The summed E-state index contributed by atoms with van der Waals surface area (Å²) in [6.45, 7) is 5.54. The van der Waals surface area contributed by atoms with Crippen molar-refractivity contribution in [3.05, 3.63) is 42.0 Å². The van der Waals surface area contributed by atoms with Crippen molar-refractivity contribution >= 4 is 17.2 Å². The minimum atomic E-state index is -0.383. The van der Waals surface area contributed by atoms with E-state index in [0.29, 0.717) is 25.7 Å². The molecule has 0 aliphatic carbocycles. The smallest absolute Gasteiger partial charge is 0.138 e. The molecule has 4 nitrogen and oxygen atoms in total. The summed E-state index contributed by atoms with van der Waals surface area (Å²) in [5, 5.41) is 8.73. The molecule has 112 valence electrons. The van der Waals surface area contributed by atoms with Crippen LogP contribution in [0.2, 0.25) is 0 Å². The minimum Gasteiger partial charge on any atom is -0.299 e. The number of ketones is 1. The number of aliphatic imine (C=N–C) groups is 1. The third-order valence-corrected chi connectivity index (χ3v) is 3.66. The molecule has 1 aromatic carbocycles. The number of hydrogen-bond acceptors (Lipinski definition) is 4. The lowest BCUT2D eigenvalue weighted by molar-refractivity contribution is -0.269. The molecule has 0 saturated heterocycles. The monoisotopic (exact) mass is 287 g/mol. The zero-order valence-corrected chi connectivity index (χ0v) is 12.3. The van der Waals surface area contributed by atoms with Crippen LogP contribution in [0.4, 0.5) is 5.69 Å². The third-order valence-electron chi connectivity index (χ3n) is 3.66. The minimum absolute atomic E-state index is 0.181. The molecular formula is C17H21NO3. The summed E-state index contributed by atoms with van der Waals surface area (Å²) in [6.07, 6.45) is 2.55. The number of carbonyl (C=O) groups is 1. The van der Waals surface area contributed by atoms with Gasteiger partial charge in [0.15, 0.2) is 0 Å². The summed E-state index contributed by atoms with van der Waals surface area (Å²) in [6, 6.07) is 7.97. The predicted molar refractivity (Wildman–Crippen MR) is 83.0 cm³/mol. The summed E-state index contributed by atoms with van der Waals surface area (Å²) < 4.78 is 0. The maximum absolute atomic E-state index is 12.0. The quantitative estimate of drug-likeness (QED) is 0.448. The van der Waals surface area contributed by atoms with Gasteiger partial charge in [0.2, 0.25) is 0 Å². The number of nitrogens with zero attached hydrogens (tertiary/aromatic N) is 1. The zero-order valence-electron chi connectivity index (χ0n) is 12.3. The van der Waals surface area contributed by atoms with Gasteiger partial charge in [-0.05, 0) is 37.0 Å². The predicted octanol–water partition coefficient (Wildman–Crippen LogP) is 3.88. The van der Waals surface area contributed by atoms with E-state index in [1.807, 2.05) is 24.3 Å². The van der Waals surface area contributed by atoms with E-state index in [1.165, 1.54) is 5.56 Å². The molecule has 0 saturated carbocycles. The number of benzene rings is 1. The molecule has 0 radical (unpaired) electrons. The first-order chi connectivity index (χ1) is 10.1. The summed E-state index contributed by atoms with van der Waals surface area (Å²) in [5.74, 6) is 0.181. The normalized spacial score (nSPS) is 14.5. The third kappa shape index (κ3) is 4.34. The van der Waals surface area contributed by atoms with Crippen molar-refractivity contribution in [3.8, 4) is 0 Å². The second kappa shape index (κ2) is 7.29. The van der Waals surface area contributed by atoms with Gasteiger partial charge >= 0.3 is 0 Å². The average Bonchev–Trinajstić information content (AvgIpc) is 2.85. The molecule has 0 bridgehead atoms. The molecule has 21 heavy (non-hydrogen) atoms. The van der Waals surface area contributed by atoms with E-state index >= 15 is 0 Å². The maximum atomic E-state index is 12.0. The van der Waals surface area contributed by atoms with Gasteiger partial charge < -0.3 is 0 Å². The van der Waals surface area contributed by atoms with E-state index in [4.69, 9.17) is 5.26 Å². The fraction of sp³-hybridized carbons (Fsp3) is 0.412. The lowest BCUT2D eigenvalue weighted by atomic mass is 10.0. The second-order valence-corrected chi connectivity index (χ2v) is 5.53. The Balaban J connectivity index is 1.75. The first-order valence-electron chi connectivity index (χ1n) is 7.22. The molecule has 1 N–H and O–H groups in total. The molecule has 0 aromatic heterocycles. The lowest BCUT2D eigenvalue weighted by Crippen LogP contribution is -2.13. The van der Waals surface area contributed by atoms with Gasteiger partial charge in [0.05, 0.1) is 5.69 Å². The molecule has 1 unspecified atom stereocenters. The van der Waals surface area contributed by atoms with E-state index in [1.54, 1.807) is 6.92 Å². The first kappa shape index (κ1) is 15.6. The van der Waals surface area contributed by atoms with Gasteiger partial charge in [0.1, 0.15) is 11.9 Å². The molecule has 0 amide bonds. The van der Waals surface area contributed by atoms with Crippen LogP contribution in [0.25, 0.3) is 0 Å². The number of Topliss-reactive ketones (excluding diaryl/α,β-unsaturated/α-hetero) is 1. The van der Waals surface area contributed by atoms with Crippen molar-refractivity contribution in [2.75, 3.05) is 0 Å². The standard InChI is InChI=1S/C17H21NO3/c1-12(2)17(21-20)9-5-7-15(19)11-14-10-13-6-3-4-8-16(13)18-14/h3-4,6,8,17,20H,1,5,7,9-11H2,2H3. The summed E-state index contributed by atoms with van der Waals surface area (Å²) in [4.78, 5) is 20.8. The van der Waals surface area contributed by atoms with Crippen molar-refractivity contribution in [2.45, 2.75) is 45.1 Å². The number of para-hydroxylation sites is 1. The van der Waals surface area contributed by atoms with Crippen LogP contribution in [0.5, 0.6) is 0 Å². The summed E-state index contributed by atoms with van der Waals surface area (Å²) >= 11 is 0. The Hall–Kier alpha value is -1.78. The molecule has 0 fully saturated rings. The number of rotatable bonds is 8. The Labute approximate surface area is 125 Å². The Bertz CT molecular complexity index is 563. The SMILES string of the molecule is C=C(C)C(CCCC(=O)CC1=Nc2ccccc2C1)OO. The van der Waals surface area contributed by atoms with Gasteiger partial charge in [-0.3, -0.25) is 15.0 Å². The van der Waals surface area contributed by atoms with Gasteiger partial charge in [-0.1, -0.05) is 24.8 Å². The highest BCUT2D eigenvalue weighted by atomic mass is 17.1. The number of hydrogen-bond donors (Lipinski definition) is 1. The van der Waals surface area contributed by atoms with E-state index in [9.17, 15) is 4.79 Å². The summed E-state index contributed by atoms with van der Waals surface area (Å²) in [7, 11) is 0. The van der Waals surface area contributed by atoms with Gasteiger partial charge in [0, 0.05) is 25.0 Å². The van der Waals surface area contributed by atoms with Crippen LogP contribution in [-0.2, 0) is 16.1 Å². The highest BCUT2D eigenvalue weighted by Gasteiger charge is 2.17. The van der Waals surface area contributed by atoms with Gasteiger partial charge in [-0.15, -0.1) is 0 Å². The zero-order chi connectivity index (χ0) is 15.2. The lowest BCUT2D eigenvalue weighted by Gasteiger charge is -2.12. The summed E-state index contributed by atoms with van der Waals surface area (Å²) in [5.41, 5.74) is 3.88. The van der Waals surface area contributed by atoms with Crippen LogP contribution in [0.15, 0.2) is 41.4 Å². The Morgan fingerprint density at radius 1 is 1.48 bits per heavy atom. The fourth-order valence-corrected chi connectivity index (χ4v) is 2.49. The highest BCUT2D eigenvalue weighted by Crippen LogP contribution is 2.27. The van der Waals surface area contributed by atoms with E-state index < -0.39 is 0 Å². The topological polar surface area (TPSA) is 58.9 Å². The molecule has 1 aromatic rings. The van der Waals surface area contributed by atoms with Gasteiger partial charge in [-0.2, -0.15) is 0 Å². The molecule has 4 heteroatoms. The van der Waals surface area contributed by atoms with Crippen molar-refractivity contribution in [2.24, 2.45) is 4.99 Å². The fourth-order valence-electron chi connectivity index (χ4n) is 2.49. The van der Waals surface area contributed by atoms with Crippen LogP contribution < -0.4 is 0 Å². The van der Waals surface area contributed by atoms with E-state index in [-0.39, 0.29) is 11.9 Å². The molecule has 2 rings (SSSR count). The van der Waals surface area contributed by atoms with Crippen LogP contribution >= 0.6 is 0 Å². The molecule has 1 atom stereocenters. The number of fused-ring (bicyclic) bond motifs is 1. The largest absolute Gasteiger partial charge is 0.299 e. The second-order valence-electron chi connectivity index (χ2n) is 5.53. The Morgan fingerprint density at radius 3 is 2.90 bits per heavy atom. The van der Waals surface area contributed by atoms with Gasteiger partial charge in [0.25, 0.3) is 0 Å². The van der Waals surface area contributed by atoms with Crippen molar-refractivity contribution in [3.63, 3.8) is 0 Å². The van der Waals surface area contributed by atoms with Gasteiger partial charge in [-0.25, -0.2) is 4.89 Å². The molecular weight excluding hydrogens is 266 g/mol. The van der Waals surface area contributed by atoms with Crippen LogP contribution in [-0.4, -0.2) is 22.9 Å². The molecule has 1 aliphatic heterocycles. The van der Waals surface area contributed by atoms with Crippen molar-refractivity contribution in [1.82, 2.24) is 0 Å². The Kier molecular flexibility index (Phi) is 5.42. The molecule has 1 aliphatic rings. The van der Waals surface area contributed by atoms with E-state index in [2.05, 4.69) is 16.5 Å². The molecule has 1 heterocycles. The van der Waals surface area contributed by atoms with Crippen LogP contribution in [0.3, 0.4) is 0 Å². The van der Waals surface area contributed by atoms with Crippen molar-refractivity contribution < 1.29 is 14.9 Å². The average molecular weight is 287 g/mol. The molecule has 0 spiro atoms. The van der Waals surface area contributed by atoms with E-state index in [0.717, 1.165) is 23.4 Å².